The predicted molar refractivity (Wildman–Crippen MR) is 71.0 cm³/mol. The van der Waals surface area contributed by atoms with Crippen molar-refractivity contribution in [2.45, 2.75) is 51.2 Å². The molecule has 1 aliphatic rings. The van der Waals surface area contributed by atoms with Crippen LogP contribution >= 0.6 is 0 Å². The maximum absolute atomic E-state index is 5.84. The minimum atomic E-state index is 0.275. The first-order valence-electron chi connectivity index (χ1n) is 6.57. The maximum Gasteiger partial charge on any atom is 0.0566 e. The third-order valence-electron chi connectivity index (χ3n) is 3.81. The lowest BCUT2D eigenvalue weighted by molar-refractivity contribution is 0.00986. The maximum atomic E-state index is 5.84. The molecule has 0 saturated heterocycles. The molecule has 0 bridgehead atoms. The molecule has 94 valence electrons. The van der Waals surface area contributed by atoms with Gasteiger partial charge in [-0.3, -0.25) is 0 Å². The number of hydrogen-bond donors (Lipinski definition) is 1. The first-order valence-corrected chi connectivity index (χ1v) is 6.57. The number of nitrogens with two attached hydrogens (primary N) is 1. The minimum absolute atomic E-state index is 0.275. The fourth-order valence-electron chi connectivity index (χ4n) is 2.44. The van der Waals surface area contributed by atoms with Crippen molar-refractivity contribution in [3.05, 3.63) is 35.4 Å². The van der Waals surface area contributed by atoms with E-state index in [1.807, 2.05) is 0 Å². The first-order chi connectivity index (χ1) is 8.16. The highest BCUT2D eigenvalue weighted by Crippen LogP contribution is 2.44. The number of benzene rings is 1. The summed E-state index contributed by atoms with van der Waals surface area (Å²) in [7, 11) is 0. The van der Waals surface area contributed by atoms with Crippen molar-refractivity contribution >= 4 is 0 Å². The number of hydrogen-bond acceptors (Lipinski definition) is 2. The van der Waals surface area contributed by atoms with Crippen molar-refractivity contribution < 1.29 is 4.74 Å². The molecule has 2 heteroatoms. The van der Waals surface area contributed by atoms with E-state index >= 15 is 0 Å². The molecule has 17 heavy (non-hydrogen) atoms. The molecule has 1 saturated carbocycles. The quantitative estimate of drug-likeness (QED) is 0.848. The summed E-state index contributed by atoms with van der Waals surface area (Å²) in [5.41, 5.74) is 8.52. The standard InChI is InChI=1S/C15H23NO/c1-12(2)17-11-15(8-3-9-15)14-6-4-13(10-16)5-7-14/h4-7,12H,3,8-11,16H2,1-2H3. The van der Waals surface area contributed by atoms with Crippen LogP contribution in [0.5, 0.6) is 0 Å². The number of rotatable bonds is 5. The van der Waals surface area contributed by atoms with Crippen LogP contribution in [0.4, 0.5) is 0 Å². The summed E-state index contributed by atoms with van der Waals surface area (Å²) in [6.07, 6.45) is 4.14. The van der Waals surface area contributed by atoms with E-state index in [1.165, 1.54) is 30.4 Å². The predicted octanol–water partition coefficient (Wildman–Crippen LogP) is 2.99. The van der Waals surface area contributed by atoms with Crippen molar-refractivity contribution in [3.8, 4) is 0 Å². The van der Waals surface area contributed by atoms with Gasteiger partial charge in [0.2, 0.25) is 0 Å². The molecule has 0 aromatic heterocycles. The molecule has 2 rings (SSSR count). The van der Waals surface area contributed by atoms with Crippen LogP contribution < -0.4 is 5.73 Å². The Balaban J connectivity index is 2.10. The Labute approximate surface area is 104 Å². The summed E-state index contributed by atoms with van der Waals surface area (Å²) in [6.45, 7) is 5.68. The number of ether oxygens (including phenoxy) is 1. The van der Waals surface area contributed by atoms with Crippen LogP contribution in [0.1, 0.15) is 44.2 Å². The van der Waals surface area contributed by atoms with Crippen LogP contribution in [0.15, 0.2) is 24.3 Å². The lowest BCUT2D eigenvalue weighted by Gasteiger charge is -2.42. The molecule has 1 aromatic rings. The molecular weight excluding hydrogens is 210 g/mol. The van der Waals surface area contributed by atoms with Crippen LogP contribution in [-0.2, 0) is 16.7 Å². The molecule has 0 heterocycles. The summed E-state index contributed by atoms with van der Waals surface area (Å²) in [4.78, 5) is 0. The third kappa shape index (κ3) is 2.70. The zero-order chi connectivity index (χ0) is 12.3. The van der Waals surface area contributed by atoms with Gasteiger partial charge in [0.25, 0.3) is 0 Å². The molecule has 2 N–H and O–H groups in total. The molecule has 0 spiro atoms. The van der Waals surface area contributed by atoms with Crippen molar-refractivity contribution in [2.75, 3.05) is 6.61 Å². The highest BCUT2D eigenvalue weighted by molar-refractivity contribution is 5.31. The average molecular weight is 233 g/mol. The average Bonchev–Trinajstić information content (AvgIpc) is 2.28. The van der Waals surface area contributed by atoms with Gasteiger partial charge in [0.15, 0.2) is 0 Å². The second kappa shape index (κ2) is 5.19. The van der Waals surface area contributed by atoms with E-state index in [1.54, 1.807) is 0 Å². The van der Waals surface area contributed by atoms with Crippen LogP contribution in [0.2, 0.25) is 0 Å². The monoisotopic (exact) mass is 233 g/mol. The summed E-state index contributed by atoms with van der Waals surface area (Å²) >= 11 is 0. The summed E-state index contributed by atoms with van der Waals surface area (Å²) < 4.78 is 5.84. The van der Waals surface area contributed by atoms with Gasteiger partial charge in [0.05, 0.1) is 12.7 Å². The van der Waals surface area contributed by atoms with Crippen LogP contribution in [0.25, 0.3) is 0 Å². The first kappa shape index (κ1) is 12.6. The Morgan fingerprint density at radius 2 is 1.88 bits per heavy atom. The van der Waals surface area contributed by atoms with E-state index in [4.69, 9.17) is 10.5 Å². The molecule has 0 amide bonds. The van der Waals surface area contributed by atoms with Gasteiger partial charge in [-0.15, -0.1) is 0 Å². The van der Waals surface area contributed by atoms with Crippen molar-refractivity contribution in [3.63, 3.8) is 0 Å². The molecule has 1 aliphatic carbocycles. The van der Waals surface area contributed by atoms with Gasteiger partial charge in [-0.2, -0.15) is 0 Å². The van der Waals surface area contributed by atoms with Crippen molar-refractivity contribution in [1.29, 1.82) is 0 Å². The fourth-order valence-corrected chi connectivity index (χ4v) is 2.44. The zero-order valence-corrected chi connectivity index (χ0v) is 10.9. The van der Waals surface area contributed by atoms with Gasteiger partial charge < -0.3 is 10.5 Å². The highest BCUT2D eigenvalue weighted by Gasteiger charge is 2.38. The lowest BCUT2D eigenvalue weighted by Crippen LogP contribution is -2.39. The van der Waals surface area contributed by atoms with Crippen molar-refractivity contribution in [2.24, 2.45) is 5.73 Å². The van der Waals surface area contributed by atoms with E-state index in [0.29, 0.717) is 12.6 Å². The van der Waals surface area contributed by atoms with E-state index in [0.717, 1.165) is 6.61 Å². The van der Waals surface area contributed by atoms with Crippen LogP contribution in [0.3, 0.4) is 0 Å². The lowest BCUT2D eigenvalue weighted by atomic mass is 9.65. The molecule has 1 fully saturated rings. The van der Waals surface area contributed by atoms with Gasteiger partial charge >= 0.3 is 0 Å². The third-order valence-corrected chi connectivity index (χ3v) is 3.81. The Bertz CT molecular complexity index is 352. The van der Waals surface area contributed by atoms with Gasteiger partial charge in [0.1, 0.15) is 0 Å². The summed E-state index contributed by atoms with van der Waals surface area (Å²) in [6, 6.07) is 8.74. The van der Waals surface area contributed by atoms with Gasteiger partial charge in [0, 0.05) is 12.0 Å². The minimum Gasteiger partial charge on any atom is -0.378 e. The van der Waals surface area contributed by atoms with E-state index in [2.05, 4.69) is 38.1 Å². The molecule has 0 radical (unpaired) electrons. The zero-order valence-electron chi connectivity index (χ0n) is 10.9. The van der Waals surface area contributed by atoms with E-state index in [-0.39, 0.29) is 5.41 Å². The SMILES string of the molecule is CC(C)OCC1(c2ccc(CN)cc2)CCC1. The second-order valence-electron chi connectivity index (χ2n) is 5.39. The van der Waals surface area contributed by atoms with Gasteiger partial charge in [-0.25, -0.2) is 0 Å². The summed E-state index contributed by atoms with van der Waals surface area (Å²) in [5.74, 6) is 0. The van der Waals surface area contributed by atoms with Crippen molar-refractivity contribution in [1.82, 2.24) is 0 Å². The molecule has 0 unspecified atom stereocenters. The Morgan fingerprint density at radius 1 is 1.24 bits per heavy atom. The summed E-state index contributed by atoms with van der Waals surface area (Å²) in [5, 5.41) is 0. The van der Waals surface area contributed by atoms with E-state index < -0.39 is 0 Å². The molecule has 0 atom stereocenters. The molecule has 2 nitrogen and oxygen atoms in total. The van der Waals surface area contributed by atoms with Crippen LogP contribution in [0, 0.1) is 0 Å². The fraction of sp³-hybridized carbons (Fsp3) is 0.600. The Morgan fingerprint density at radius 3 is 2.29 bits per heavy atom. The molecule has 0 aliphatic heterocycles. The van der Waals surface area contributed by atoms with Gasteiger partial charge in [-0.05, 0) is 37.8 Å². The smallest absolute Gasteiger partial charge is 0.0566 e. The second-order valence-corrected chi connectivity index (χ2v) is 5.39. The Hall–Kier alpha value is -0.860. The van der Waals surface area contributed by atoms with E-state index in [9.17, 15) is 0 Å². The van der Waals surface area contributed by atoms with Crippen LogP contribution in [-0.4, -0.2) is 12.7 Å². The molecule has 1 aromatic carbocycles. The largest absolute Gasteiger partial charge is 0.378 e. The highest BCUT2D eigenvalue weighted by atomic mass is 16.5. The van der Waals surface area contributed by atoms with Gasteiger partial charge in [-0.1, -0.05) is 30.7 Å². The normalized spacial score (nSPS) is 18.1. The topological polar surface area (TPSA) is 35.2 Å². The molecular formula is C15H23NO. The Kier molecular flexibility index (Phi) is 3.85.